The van der Waals surface area contributed by atoms with Gasteiger partial charge >= 0.3 is 6.03 Å². The fourth-order valence-electron chi connectivity index (χ4n) is 3.23. The number of hydrogen-bond donors (Lipinski definition) is 1. The van der Waals surface area contributed by atoms with Crippen LogP contribution < -0.4 is 5.32 Å². The van der Waals surface area contributed by atoms with Crippen LogP contribution in [-0.4, -0.2) is 57.8 Å². The van der Waals surface area contributed by atoms with Crippen molar-refractivity contribution in [2.45, 2.75) is 50.8 Å². The van der Waals surface area contributed by atoms with Gasteiger partial charge in [0.1, 0.15) is 0 Å². The van der Waals surface area contributed by atoms with E-state index < -0.39 is 0 Å². The lowest BCUT2D eigenvalue weighted by Crippen LogP contribution is -2.47. The largest absolute Gasteiger partial charge is 0.376 e. The maximum absolute atomic E-state index is 12.3. The van der Waals surface area contributed by atoms with E-state index in [1.807, 2.05) is 11.1 Å². The number of carbonyl (C=O) groups is 1. The Morgan fingerprint density at radius 1 is 1.38 bits per heavy atom. The van der Waals surface area contributed by atoms with E-state index in [0.29, 0.717) is 6.54 Å². The Morgan fingerprint density at radius 2 is 2.33 bits per heavy atom. The van der Waals surface area contributed by atoms with E-state index in [1.165, 1.54) is 0 Å². The normalized spacial score (nSPS) is 25.4. The summed E-state index contributed by atoms with van der Waals surface area (Å²) in [6, 6.07) is 0.314. The molecule has 2 aliphatic heterocycles. The summed E-state index contributed by atoms with van der Waals surface area (Å²) in [6.45, 7) is 3.12. The Hall–Kier alpha value is -1.63. The summed E-state index contributed by atoms with van der Waals surface area (Å²) in [5.74, 6) is 0. The summed E-state index contributed by atoms with van der Waals surface area (Å²) in [5.41, 5.74) is 0. The van der Waals surface area contributed by atoms with Gasteiger partial charge in [0.25, 0.3) is 0 Å². The van der Waals surface area contributed by atoms with E-state index in [2.05, 4.69) is 15.6 Å². The Kier molecular flexibility index (Phi) is 4.69. The average molecular weight is 293 g/mol. The standard InChI is InChI=1S/C14H23N5O2/c20-14(15-6-3-8-18-10-7-16-17-18)19-9-1-4-12(19)13-5-2-11-21-13/h7,10,12-13H,1-6,8-9,11H2,(H,15,20)/t12-,13+/m0/s1. The van der Waals surface area contributed by atoms with Gasteiger partial charge in [-0.2, -0.15) is 0 Å². The predicted octanol–water partition coefficient (Wildman–Crippen LogP) is 1.02. The van der Waals surface area contributed by atoms with Crippen molar-refractivity contribution in [2.75, 3.05) is 19.7 Å². The highest BCUT2D eigenvalue weighted by Crippen LogP contribution is 2.27. The summed E-state index contributed by atoms with van der Waals surface area (Å²) < 4.78 is 7.53. The smallest absolute Gasteiger partial charge is 0.317 e. The minimum atomic E-state index is 0.0478. The highest BCUT2D eigenvalue weighted by atomic mass is 16.5. The quantitative estimate of drug-likeness (QED) is 0.823. The number of rotatable bonds is 5. The fraction of sp³-hybridized carbons (Fsp3) is 0.786. The predicted molar refractivity (Wildman–Crippen MR) is 76.7 cm³/mol. The molecule has 3 rings (SSSR count). The summed E-state index contributed by atoms with van der Waals surface area (Å²) >= 11 is 0. The molecule has 0 unspecified atom stereocenters. The first-order valence-electron chi connectivity index (χ1n) is 7.85. The summed E-state index contributed by atoms with van der Waals surface area (Å²) in [4.78, 5) is 14.3. The van der Waals surface area contributed by atoms with Crippen LogP contribution in [0.15, 0.2) is 12.4 Å². The van der Waals surface area contributed by atoms with E-state index in [9.17, 15) is 4.79 Å². The number of ether oxygens (including phenoxy) is 1. The molecule has 1 aromatic rings. The zero-order chi connectivity index (χ0) is 14.5. The molecule has 0 radical (unpaired) electrons. The lowest BCUT2D eigenvalue weighted by atomic mass is 10.1. The monoisotopic (exact) mass is 293 g/mol. The Balaban J connectivity index is 1.41. The molecule has 2 amide bonds. The van der Waals surface area contributed by atoms with Gasteiger partial charge in [0.15, 0.2) is 0 Å². The van der Waals surface area contributed by atoms with Crippen LogP contribution >= 0.6 is 0 Å². The second-order valence-electron chi connectivity index (χ2n) is 5.71. The number of urea groups is 1. The van der Waals surface area contributed by atoms with Gasteiger partial charge in [0.05, 0.1) is 18.3 Å². The second kappa shape index (κ2) is 6.89. The highest BCUT2D eigenvalue weighted by molar-refractivity contribution is 5.74. The van der Waals surface area contributed by atoms with Crippen LogP contribution in [0.2, 0.25) is 0 Å². The summed E-state index contributed by atoms with van der Waals surface area (Å²) in [7, 11) is 0. The number of amides is 2. The van der Waals surface area contributed by atoms with Gasteiger partial charge in [-0.25, -0.2) is 4.79 Å². The molecule has 1 N–H and O–H groups in total. The first kappa shape index (κ1) is 14.3. The number of carbonyl (C=O) groups excluding carboxylic acids is 1. The van der Waals surface area contributed by atoms with Crippen LogP contribution in [-0.2, 0) is 11.3 Å². The van der Waals surface area contributed by atoms with E-state index in [-0.39, 0.29) is 18.2 Å². The molecule has 0 saturated carbocycles. The third-order valence-corrected chi connectivity index (χ3v) is 4.27. The van der Waals surface area contributed by atoms with Crippen molar-refractivity contribution in [3.8, 4) is 0 Å². The zero-order valence-electron chi connectivity index (χ0n) is 12.3. The molecule has 0 spiro atoms. The lowest BCUT2D eigenvalue weighted by Gasteiger charge is -2.29. The topological polar surface area (TPSA) is 72.3 Å². The Bertz CT molecular complexity index is 444. The lowest BCUT2D eigenvalue weighted by molar-refractivity contribution is 0.0521. The molecule has 0 bridgehead atoms. The highest BCUT2D eigenvalue weighted by Gasteiger charge is 2.36. The number of likely N-dealkylation sites (tertiary alicyclic amines) is 1. The van der Waals surface area contributed by atoms with Crippen LogP contribution in [0.3, 0.4) is 0 Å². The van der Waals surface area contributed by atoms with Crippen molar-refractivity contribution in [1.29, 1.82) is 0 Å². The number of aromatic nitrogens is 3. The van der Waals surface area contributed by atoms with Crippen molar-refractivity contribution < 1.29 is 9.53 Å². The molecular formula is C14H23N5O2. The maximum Gasteiger partial charge on any atom is 0.317 e. The molecule has 2 fully saturated rings. The van der Waals surface area contributed by atoms with Gasteiger partial charge in [-0.15, -0.1) is 5.10 Å². The van der Waals surface area contributed by atoms with Crippen LogP contribution in [0.5, 0.6) is 0 Å². The molecule has 2 atom stereocenters. The van der Waals surface area contributed by atoms with Crippen molar-refractivity contribution in [3.05, 3.63) is 12.4 Å². The van der Waals surface area contributed by atoms with E-state index in [0.717, 1.165) is 51.8 Å². The number of aryl methyl sites for hydroxylation is 1. The van der Waals surface area contributed by atoms with E-state index in [4.69, 9.17) is 4.74 Å². The van der Waals surface area contributed by atoms with Crippen LogP contribution in [0.1, 0.15) is 32.1 Å². The maximum atomic E-state index is 12.3. The number of nitrogens with zero attached hydrogens (tertiary/aromatic N) is 4. The van der Waals surface area contributed by atoms with Crippen molar-refractivity contribution in [1.82, 2.24) is 25.2 Å². The van der Waals surface area contributed by atoms with Gasteiger partial charge in [0, 0.05) is 32.4 Å². The molecule has 7 heteroatoms. The minimum Gasteiger partial charge on any atom is -0.376 e. The molecule has 0 aliphatic carbocycles. The van der Waals surface area contributed by atoms with E-state index >= 15 is 0 Å². The first-order valence-corrected chi connectivity index (χ1v) is 7.85. The average Bonchev–Trinajstić information content (AvgIpc) is 3.24. The van der Waals surface area contributed by atoms with Crippen LogP contribution in [0, 0.1) is 0 Å². The van der Waals surface area contributed by atoms with Gasteiger partial charge in [-0.05, 0) is 32.1 Å². The van der Waals surface area contributed by atoms with Crippen LogP contribution in [0.25, 0.3) is 0 Å². The Morgan fingerprint density at radius 3 is 3.10 bits per heavy atom. The molecular weight excluding hydrogens is 270 g/mol. The van der Waals surface area contributed by atoms with Crippen LogP contribution in [0.4, 0.5) is 4.79 Å². The third kappa shape index (κ3) is 3.53. The van der Waals surface area contributed by atoms with Gasteiger partial charge in [-0.1, -0.05) is 5.21 Å². The molecule has 0 aromatic carbocycles. The SMILES string of the molecule is O=C(NCCCn1ccnn1)N1CCC[C@H]1[C@H]1CCCO1. The first-order chi connectivity index (χ1) is 10.3. The molecule has 3 heterocycles. The number of nitrogens with one attached hydrogen (secondary N) is 1. The van der Waals surface area contributed by atoms with Gasteiger partial charge in [0.2, 0.25) is 0 Å². The molecule has 116 valence electrons. The Labute approximate surface area is 124 Å². The molecule has 1 aromatic heterocycles. The van der Waals surface area contributed by atoms with Gasteiger partial charge in [-0.3, -0.25) is 4.68 Å². The number of hydrogen-bond acceptors (Lipinski definition) is 4. The summed E-state index contributed by atoms with van der Waals surface area (Å²) in [6.07, 6.45) is 8.94. The molecule has 2 saturated heterocycles. The summed E-state index contributed by atoms with van der Waals surface area (Å²) in [5, 5.41) is 10.7. The molecule has 21 heavy (non-hydrogen) atoms. The van der Waals surface area contributed by atoms with Crippen molar-refractivity contribution >= 4 is 6.03 Å². The minimum absolute atomic E-state index is 0.0478. The van der Waals surface area contributed by atoms with Crippen molar-refractivity contribution in [2.24, 2.45) is 0 Å². The van der Waals surface area contributed by atoms with Gasteiger partial charge < -0.3 is 15.0 Å². The molecule has 7 nitrogen and oxygen atoms in total. The second-order valence-corrected chi connectivity index (χ2v) is 5.71. The van der Waals surface area contributed by atoms with E-state index in [1.54, 1.807) is 10.9 Å². The molecule has 2 aliphatic rings. The zero-order valence-corrected chi connectivity index (χ0v) is 12.3. The van der Waals surface area contributed by atoms with Crippen molar-refractivity contribution in [3.63, 3.8) is 0 Å². The third-order valence-electron chi connectivity index (χ3n) is 4.27. The fourth-order valence-corrected chi connectivity index (χ4v) is 3.23.